The Hall–Kier alpha value is -3.71. The number of anilines is 2. The summed E-state index contributed by atoms with van der Waals surface area (Å²) in [4.78, 5) is 24.1. The summed E-state index contributed by atoms with van der Waals surface area (Å²) in [6.45, 7) is 4.36. The maximum atomic E-state index is 13.7. The molecule has 32 heavy (non-hydrogen) atoms. The van der Waals surface area contributed by atoms with Gasteiger partial charge in [0.25, 0.3) is 5.56 Å². The molecule has 1 fully saturated rings. The molecule has 1 unspecified atom stereocenters. The number of nitrogens with two attached hydrogens (primary N) is 1. The van der Waals surface area contributed by atoms with Crippen molar-refractivity contribution in [1.29, 1.82) is 5.26 Å². The van der Waals surface area contributed by atoms with Crippen LogP contribution in [0.1, 0.15) is 35.1 Å². The van der Waals surface area contributed by atoms with Crippen LogP contribution in [0.2, 0.25) is 0 Å². The Morgan fingerprint density at radius 3 is 2.69 bits per heavy atom. The standard InChI is InChI=1S/C22H19BrN8O/c1-12-5-3-4-6-16(12)31-20(28-30-10-7-15(23)18(30)21(31)32)17-8-9-29(17)19-14(11-24)13(2)26-22(25)27-19/h3-7,10,17H,8-9H2,1-2H3,(H2,25,26,27). The van der Waals surface area contributed by atoms with E-state index in [4.69, 9.17) is 10.8 Å². The van der Waals surface area contributed by atoms with Gasteiger partial charge < -0.3 is 10.6 Å². The second-order valence-corrected chi connectivity index (χ2v) is 8.57. The quantitative estimate of drug-likeness (QED) is 0.468. The molecule has 5 rings (SSSR count). The first-order valence-corrected chi connectivity index (χ1v) is 10.9. The van der Waals surface area contributed by atoms with Crippen LogP contribution in [0.4, 0.5) is 11.8 Å². The number of hydrogen-bond acceptors (Lipinski definition) is 7. The third-order valence-corrected chi connectivity index (χ3v) is 6.45. The number of para-hydroxylation sites is 1. The summed E-state index contributed by atoms with van der Waals surface area (Å²) in [5.41, 5.74) is 8.79. The minimum absolute atomic E-state index is 0.108. The Kier molecular flexibility index (Phi) is 4.71. The predicted molar refractivity (Wildman–Crippen MR) is 124 cm³/mol. The van der Waals surface area contributed by atoms with Gasteiger partial charge in [0, 0.05) is 12.7 Å². The summed E-state index contributed by atoms with van der Waals surface area (Å²) in [7, 11) is 0. The van der Waals surface area contributed by atoms with E-state index in [1.807, 2.05) is 36.1 Å². The van der Waals surface area contributed by atoms with Crippen LogP contribution >= 0.6 is 15.9 Å². The van der Waals surface area contributed by atoms with Crippen LogP contribution in [0.5, 0.6) is 0 Å². The van der Waals surface area contributed by atoms with Gasteiger partial charge in [-0.05, 0) is 53.9 Å². The van der Waals surface area contributed by atoms with Gasteiger partial charge in [-0.3, -0.25) is 9.36 Å². The van der Waals surface area contributed by atoms with Crippen molar-refractivity contribution in [3.05, 3.63) is 74.0 Å². The lowest BCUT2D eigenvalue weighted by Gasteiger charge is -2.42. The molecule has 0 spiro atoms. The first kappa shape index (κ1) is 20.2. The zero-order chi connectivity index (χ0) is 22.6. The van der Waals surface area contributed by atoms with E-state index in [1.165, 1.54) is 0 Å². The van der Waals surface area contributed by atoms with E-state index >= 15 is 0 Å². The number of nitriles is 1. The molecule has 1 aliphatic heterocycles. The monoisotopic (exact) mass is 490 g/mol. The number of nitrogen functional groups attached to an aromatic ring is 1. The Morgan fingerprint density at radius 1 is 1.22 bits per heavy atom. The molecule has 10 heteroatoms. The zero-order valence-electron chi connectivity index (χ0n) is 17.4. The Bertz CT molecular complexity index is 1480. The van der Waals surface area contributed by atoms with Gasteiger partial charge in [-0.1, -0.05) is 18.2 Å². The van der Waals surface area contributed by atoms with Crippen molar-refractivity contribution in [3.63, 3.8) is 0 Å². The van der Waals surface area contributed by atoms with Gasteiger partial charge in [0.1, 0.15) is 17.1 Å². The number of aryl methyl sites for hydroxylation is 2. The van der Waals surface area contributed by atoms with Crippen LogP contribution < -0.4 is 16.2 Å². The van der Waals surface area contributed by atoms with Crippen LogP contribution in [-0.4, -0.2) is 30.7 Å². The summed E-state index contributed by atoms with van der Waals surface area (Å²) in [5.74, 6) is 1.15. The molecular weight excluding hydrogens is 472 g/mol. The van der Waals surface area contributed by atoms with Gasteiger partial charge in [0.15, 0.2) is 11.6 Å². The van der Waals surface area contributed by atoms with Crippen molar-refractivity contribution < 1.29 is 0 Å². The third-order valence-electron chi connectivity index (χ3n) is 5.81. The van der Waals surface area contributed by atoms with Crippen molar-refractivity contribution in [3.8, 4) is 11.8 Å². The molecule has 4 aromatic rings. The number of fused-ring (bicyclic) bond motifs is 1. The summed E-state index contributed by atoms with van der Waals surface area (Å²) < 4.78 is 3.94. The minimum atomic E-state index is -0.256. The van der Waals surface area contributed by atoms with E-state index in [1.54, 1.807) is 28.3 Å². The van der Waals surface area contributed by atoms with E-state index in [2.05, 4.69) is 32.0 Å². The zero-order valence-corrected chi connectivity index (χ0v) is 19.0. The van der Waals surface area contributed by atoms with E-state index in [0.717, 1.165) is 17.7 Å². The van der Waals surface area contributed by atoms with Crippen LogP contribution in [0.3, 0.4) is 0 Å². The highest BCUT2D eigenvalue weighted by molar-refractivity contribution is 9.10. The van der Waals surface area contributed by atoms with Gasteiger partial charge in [-0.25, -0.2) is 9.50 Å². The highest BCUT2D eigenvalue weighted by atomic mass is 79.9. The molecule has 0 saturated carbocycles. The van der Waals surface area contributed by atoms with Gasteiger partial charge in [0.2, 0.25) is 5.95 Å². The normalized spacial score (nSPS) is 15.6. The lowest BCUT2D eigenvalue weighted by atomic mass is 10.00. The summed E-state index contributed by atoms with van der Waals surface area (Å²) in [5, 5.41) is 14.5. The van der Waals surface area contributed by atoms with Crippen molar-refractivity contribution in [1.82, 2.24) is 24.1 Å². The summed E-state index contributed by atoms with van der Waals surface area (Å²) >= 11 is 3.47. The predicted octanol–water partition coefficient (Wildman–Crippen LogP) is 3.06. The van der Waals surface area contributed by atoms with Gasteiger partial charge in [0.05, 0.1) is 21.9 Å². The number of nitrogens with zero attached hydrogens (tertiary/aromatic N) is 7. The average Bonchev–Trinajstić information content (AvgIpc) is 3.09. The lowest BCUT2D eigenvalue weighted by Crippen LogP contribution is -2.45. The van der Waals surface area contributed by atoms with Crippen molar-refractivity contribution in [2.75, 3.05) is 17.2 Å². The average molecular weight is 491 g/mol. The molecule has 160 valence electrons. The molecular formula is C22H19BrN8O. The first-order valence-electron chi connectivity index (χ1n) is 10.1. The molecule has 3 aromatic heterocycles. The van der Waals surface area contributed by atoms with E-state index < -0.39 is 0 Å². The maximum absolute atomic E-state index is 13.7. The fourth-order valence-electron chi connectivity index (χ4n) is 4.14. The van der Waals surface area contributed by atoms with Gasteiger partial charge in [-0.2, -0.15) is 15.3 Å². The summed E-state index contributed by atoms with van der Waals surface area (Å²) in [6, 6.07) is 11.4. The Morgan fingerprint density at radius 2 is 2.00 bits per heavy atom. The number of hydrogen-bond donors (Lipinski definition) is 1. The largest absolute Gasteiger partial charge is 0.368 e. The van der Waals surface area contributed by atoms with Gasteiger partial charge in [-0.15, -0.1) is 0 Å². The molecule has 1 saturated heterocycles. The fourth-order valence-corrected chi connectivity index (χ4v) is 4.61. The smallest absolute Gasteiger partial charge is 0.283 e. The van der Waals surface area contributed by atoms with E-state index in [0.29, 0.717) is 39.4 Å². The first-order chi connectivity index (χ1) is 15.4. The number of halogens is 1. The molecule has 1 aliphatic rings. The highest BCUT2D eigenvalue weighted by Crippen LogP contribution is 2.38. The molecule has 4 heterocycles. The molecule has 0 bridgehead atoms. The number of rotatable bonds is 3. The van der Waals surface area contributed by atoms with Crippen LogP contribution in [0.15, 0.2) is 45.8 Å². The van der Waals surface area contributed by atoms with Gasteiger partial charge >= 0.3 is 0 Å². The second-order valence-electron chi connectivity index (χ2n) is 7.72. The van der Waals surface area contributed by atoms with Crippen molar-refractivity contribution >= 4 is 33.2 Å². The lowest BCUT2D eigenvalue weighted by molar-refractivity contribution is 0.422. The number of benzene rings is 1. The van der Waals surface area contributed by atoms with E-state index in [-0.39, 0.29) is 17.5 Å². The SMILES string of the molecule is Cc1ccccc1-n1c(C2CCN2c2nc(N)nc(C)c2C#N)nn2ccc(Br)c2c1=O. The van der Waals surface area contributed by atoms with Crippen LogP contribution in [0, 0.1) is 25.2 Å². The molecule has 1 aromatic carbocycles. The molecule has 9 nitrogen and oxygen atoms in total. The molecule has 2 N–H and O–H groups in total. The topological polar surface area (TPSA) is 118 Å². The number of aromatic nitrogens is 5. The minimum Gasteiger partial charge on any atom is -0.368 e. The van der Waals surface area contributed by atoms with Crippen molar-refractivity contribution in [2.45, 2.75) is 26.3 Å². The van der Waals surface area contributed by atoms with Crippen LogP contribution in [0.25, 0.3) is 11.2 Å². The Balaban J connectivity index is 1.76. The molecule has 0 amide bonds. The summed E-state index contributed by atoms with van der Waals surface area (Å²) in [6.07, 6.45) is 2.50. The molecule has 0 aliphatic carbocycles. The van der Waals surface area contributed by atoms with Crippen LogP contribution in [-0.2, 0) is 0 Å². The maximum Gasteiger partial charge on any atom is 0.283 e. The van der Waals surface area contributed by atoms with E-state index in [9.17, 15) is 10.1 Å². The molecule has 1 atom stereocenters. The van der Waals surface area contributed by atoms with Crippen molar-refractivity contribution in [2.24, 2.45) is 0 Å². The second kappa shape index (κ2) is 7.46. The highest BCUT2D eigenvalue weighted by Gasteiger charge is 2.37. The molecule has 0 radical (unpaired) electrons. The fraction of sp³-hybridized carbons (Fsp3) is 0.227. The Labute approximate surface area is 191 Å². The third kappa shape index (κ3) is 2.97.